The van der Waals surface area contributed by atoms with E-state index in [4.69, 9.17) is 5.26 Å². The van der Waals surface area contributed by atoms with Crippen LogP contribution in [0.1, 0.15) is 23.6 Å². The number of nitrogens with zero attached hydrogens (tertiary/aromatic N) is 4. The van der Waals surface area contributed by atoms with E-state index in [9.17, 15) is 0 Å². The van der Waals surface area contributed by atoms with E-state index in [1.54, 1.807) is 18.6 Å². The summed E-state index contributed by atoms with van der Waals surface area (Å²) in [5, 5.41) is 13.2. The van der Waals surface area contributed by atoms with Gasteiger partial charge in [0.1, 0.15) is 0 Å². The van der Waals surface area contributed by atoms with Gasteiger partial charge in [-0.25, -0.2) is 0 Å². The number of aryl methyl sites for hydroxylation is 1. The van der Waals surface area contributed by atoms with Crippen LogP contribution in [0.3, 0.4) is 0 Å². The highest BCUT2D eigenvalue weighted by molar-refractivity contribution is 9.10. The Kier molecular flexibility index (Phi) is 3.55. The highest BCUT2D eigenvalue weighted by atomic mass is 79.9. The topological polar surface area (TPSA) is 54.5 Å². The second kappa shape index (κ2) is 5.11. The number of nitriles is 1. The van der Waals surface area contributed by atoms with Gasteiger partial charge in [0, 0.05) is 23.1 Å². The number of rotatable bonds is 3. The molecule has 1 unspecified atom stereocenters. The number of aromatic nitrogens is 3. The minimum Gasteiger partial charge on any atom is -0.264 e. The summed E-state index contributed by atoms with van der Waals surface area (Å²) in [5.74, 6) is 0. The molecule has 0 fully saturated rings. The summed E-state index contributed by atoms with van der Waals surface area (Å²) in [5.41, 5.74) is 2.06. The third-order valence-corrected chi connectivity index (χ3v) is 2.88. The molecule has 0 amide bonds. The lowest BCUT2D eigenvalue weighted by Gasteiger charge is -2.14. The zero-order chi connectivity index (χ0) is 12.3. The van der Waals surface area contributed by atoms with Crippen molar-refractivity contribution in [3.8, 4) is 6.07 Å². The average molecular weight is 291 g/mol. The molecular weight excluding hydrogens is 280 g/mol. The second-order valence-corrected chi connectivity index (χ2v) is 4.73. The first kappa shape index (κ1) is 11.8. The van der Waals surface area contributed by atoms with Crippen LogP contribution in [0.2, 0.25) is 0 Å². The fourth-order valence-corrected chi connectivity index (χ4v) is 2.05. The summed E-state index contributed by atoms with van der Waals surface area (Å²) in [7, 11) is 0. The number of hydrogen-bond donors (Lipinski definition) is 0. The predicted molar refractivity (Wildman–Crippen MR) is 67.3 cm³/mol. The van der Waals surface area contributed by atoms with Crippen LogP contribution in [0, 0.1) is 18.3 Å². The third kappa shape index (κ3) is 2.71. The van der Waals surface area contributed by atoms with Crippen molar-refractivity contribution in [3.05, 3.63) is 46.5 Å². The van der Waals surface area contributed by atoms with Crippen LogP contribution >= 0.6 is 15.9 Å². The molecule has 0 spiro atoms. The molecule has 86 valence electrons. The zero-order valence-electron chi connectivity index (χ0n) is 9.34. The second-order valence-electron chi connectivity index (χ2n) is 3.81. The lowest BCUT2D eigenvalue weighted by Crippen LogP contribution is -2.11. The molecule has 17 heavy (non-hydrogen) atoms. The van der Waals surface area contributed by atoms with Gasteiger partial charge in [0.05, 0.1) is 24.7 Å². The third-order valence-electron chi connectivity index (χ3n) is 2.45. The minimum atomic E-state index is -0.0845. The molecule has 1 atom stereocenters. The summed E-state index contributed by atoms with van der Waals surface area (Å²) in [6.45, 7) is 1.98. The quantitative estimate of drug-likeness (QED) is 0.873. The fourth-order valence-electron chi connectivity index (χ4n) is 1.66. The van der Waals surface area contributed by atoms with Crippen molar-refractivity contribution in [3.63, 3.8) is 0 Å². The van der Waals surface area contributed by atoms with Crippen molar-refractivity contribution >= 4 is 15.9 Å². The van der Waals surface area contributed by atoms with Gasteiger partial charge < -0.3 is 0 Å². The first-order valence-corrected chi connectivity index (χ1v) is 5.98. The lowest BCUT2D eigenvalue weighted by molar-refractivity contribution is 0.530. The standard InChI is InChI=1S/C12H11BrN4/c1-9-5-16-17(8-9)12(2-3-14)10-4-11(13)7-15-6-10/h4-8,12H,2H2,1H3. The van der Waals surface area contributed by atoms with Gasteiger partial charge >= 0.3 is 0 Å². The molecule has 0 aliphatic heterocycles. The van der Waals surface area contributed by atoms with Gasteiger partial charge in [-0.1, -0.05) is 0 Å². The Morgan fingerprint density at radius 3 is 2.88 bits per heavy atom. The molecule has 5 heteroatoms. The Morgan fingerprint density at radius 1 is 1.47 bits per heavy atom. The number of pyridine rings is 1. The van der Waals surface area contributed by atoms with E-state index in [-0.39, 0.29) is 6.04 Å². The normalized spacial score (nSPS) is 12.1. The highest BCUT2D eigenvalue weighted by Crippen LogP contribution is 2.23. The Bertz CT molecular complexity index is 556. The molecule has 2 aromatic heterocycles. The zero-order valence-corrected chi connectivity index (χ0v) is 10.9. The van der Waals surface area contributed by atoms with Crippen LogP contribution in [0.25, 0.3) is 0 Å². The van der Waals surface area contributed by atoms with E-state index in [1.165, 1.54) is 0 Å². The molecule has 2 heterocycles. The van der Waals surface area contributed by atoms with Gasteiger partial charge in [0.2, 0.25) is 0 Å². The molecule has 0 N–H and O–H groups in total. The Balaban J connectivity index is 2.39. The van der Waals surface area contributed by atoms with Crippen LogP contribution in [-0.2, 0) is 0 Å². The minimum absolute atomic E-state index is 0.0845. The fraction of sp³-hybridized carbons (Fsp3) is 0.250. The Labute approximate surface area is 108 Å². The molecule has 0 aromatic carbocycles. The van der Waals surface area contributed by atoms with Crippen LogP contribution in [0.15, 0.2) is 35.3 Å². The van der Waals surface area contributed by atoms with Crippen LogP contribution < -0.4 is 0 Å². The van der Waals surface area contributed by atoms with Gasteiger partial charge in [-0.2, -0.15) is 10.4 Å². The van der Waals surface area contributed by atoms with E-state index in [1.807, 2.05) is 23.9 Å². The van der Waals surface area contributed by atoms with Gasteiger partial charge in [-0.15, -0.1) is 0 Å². The largest absolute Gasteiger partial charge is 0.264 e. The predicted octanol–water partition coefficient (Wildman–Crippen LogP) is 2.85. The molecule has 0 bridgehead atoms. The van der Waals surface area contributed by atoms with Crippen LogP contribution in [0.4, 0.5) is 0 Å². The van der Waals surface area contributed by atoms with Crippen LogP contribution in [-0.4, -0.2) is 14.8 Å². The van der Waals surface area contributed by atoms with Crippen molar-refractivity contribution < 1.29 is 0 Å². The molecule has 2 rings (SSSR count). The maximum Gasteiger partial charge on any atom is 0.0913 e. The summed E-state index contributed by atoms with van der Waals surface area (Å²) < 4.78 is 2.71. The Morgan fingerprint density at radius 2 is 2.29 bits per heavy atom. The van der Waals surface area contributed by atoms with E-state index in [0.29, 0.717) is 6.42 Å². The van der Waals surface area contributed by atoms with Gasteiger partial charge in [0.25, 0.3) is 0 Å². The van der Waals surface area contributed by atoms with Crippen molar-refractivity contribution in [2.45, 2.75) is 19.4 Å². The Hall–Kier alpha value is -1.67. The maximum atomic E-state index is 8.91. The SMILES string of the molecule is Cc1cnn(C(CC#N)c2cncc(Br)c2)c1. The molecular formula is C12H11BrN4. The van der Waals surface area contributed by atoms with Crippen LogP contribution in [0.5, 0.6) is 0 Å². The van der Waals surface area contributed by atoms with E-state index in [0.717, 1.165) is 15.6 Å². The van der Waals surface area contributed by atoms with E-state index < -0.39 is 0 Å². The highest BCUT2D eigenvalue weighted by Gasteiger charge is 2.14. The summed E-state index contributed by atoms with van der Waals surface area (Å²) in [6, 6.07) is 4.07. The summed E-state index contributed by atoms with van der Waals surface area (Å²) in [6.07, 6.45) is 7.59. The molecule has 0 saturated carbocycles. The molecule has 0 radical (unpaired) electrons. The van der Waals surface area contributed by atoms with Crippen molar-refractivity contribution in [1.29, 1.82) is 5.26 Å². The summed E-state index contributed by atoms with van der Waals surface area (Å²) in [4.78, 5) is 4.12. The number of halogens is 1. The average Bonchev–Trinajstić information content (AvgIpc) is 2.72. The molecule has 0 saturated heterocycles. The van der Waals surface area contributed by atoms with Crippen molar-refractivity contribution in [2.75, 3.05) is 0 Å². The lowest BCUT2D eigenvalue weighted by atomic mass is 10.1. The van der Waals surface area contributed by atoms with E-state index in [2.05, 4.69) is 32.1 Å². The molecule has 0 aliphatic rings. The summed E-state index contributed by atoms with van der Waals surface area (Å²) >= 11 is 3.38. The first-order chi connectivity index (χ1) is 8.20. The van der Waals surface area contributed by atoms with Gasteiger partial charge in [0.15, 0.2) is 0 Å². The molecule has 4 nitrogen and oxygen atoms in total. The van der Waals surface area contributed by atoms with Gasteiger partial charge in [-0.3, -0.25) is 9.67 Å². The number of hydrogen-bond acceptors (Lipinski definition) is 3. The molecule has 2 aromatic rings. The van der Waals surface area contributed by atoms with Gasteiger partial charge in [-0.05, 0) is 40.0 Å². The maximum absolute atomic E-state index is 8.91. The smallest absolute Gasteiger partial charge is 0.0913 e. The monoisotopic (exact) mass is 290 g/mol. The molecule has 0 aliphatic carbocycles. The van der Waals surface area contributed by atoms with E-state index >= 15 is 0 Å². The first-order valence-electron chi connectivity index (χ1n) is 5.19. The van der Waals surface area contributed by atoms with Crippen molar-refractivity contribution in [2.24, 2.45) is 0 Å². The van der Waals surface area contributed by atoms with Crippen molar-refractivity contribution in [1.82, 2.24) is 14.8 Å².